The van der Waals surface area contributed by atoms with Crippen molar-refractivity contribution in [3.63, 3.8) is 0 Å². The maximum Gasteiger partial charge on any atom is 0.416 e. The molecule has 3 aromatic carbocycles. The Morgan fingerprint density at radius 1 is 1.00 bits per heavy atom. The summed E-state index contributed by atoms with van der Waals surface area (Å²) in [4.78, 5) is 26.3. The molecule has 0 unspecified atom stereocenters. The summed E-state index contributed by atoms with van der Waals surface area (Å²) < 4.78 is 44.6. The van der Waals surface area contributed by atoms with Crippen LogP contribution in [0.1, 0.15) is 46.3 Å². The van der Waals surface area contributed by atoms with E-state index in [9.17, 15) is 27.9 Å². The van der Waals surface area contributed by atoms with E-state index in [4.69, 9.17) is 4.74 Å². The molecule has 0 fully saturated rings. The summed E-state index contributed by atoms with van der Waals surface area (Å²) in [6, 6.07) is 18.2. The molecule has 0 saturated carbocycles. The van der Waals surface area contributed by atoms with E-state index in [2.05, 4.69) is 0 Å². The molecule has 34 heavy (non-hydrogen) atoms. The van der Waals surface area contributed by atoms with Crippen molar-refractivity contribution in [1.29, 1.82) is 0 Å². The van der Waals surface area contributed by atoms with Crippen LogP contribution in [0.2, 0.25) is 0 Å². The maximum atomic E-state index is 13.3. The molecule has 1 aliphatic heterocycles. The van der Waals surface area contributed by atoms with Crippen LogP contribution in [0.15, 0.2) is 72.8 Å². The van der Waals surface area contributed by atoms with E-state index < -0.39 is 35.6 Å². The number of rotatable bonds is 6. The highest BCUT2D eigenvalue weighted by Crippen LogP contribution is 2.45. The van der Waals surface area contributed by atoms with Gasteiger partial charge in [0.15, 0.2) is 0 Å². The van der Waals surface area contributed by atoms with Crippen LogP contribution in [-0.2, 0) is 17.6 Å². The Morgan fingerprint density at radius 3 is 2.29 bits per heavy atom. The Kier molecular flexibility index (Phi) is 6.32. The van der Waals surface area contributed by atoms with Crippen LogP contribution in [-0.4, -0.2) is 23.0 Å². The zero-order valence-corrected chi connectivity index (χ0v) is 18.3. The van der Waals surface area contributed by atoms with Gasteiger partial charge in [0.2, 0.25) is 0 Å². The van der Waals surface area contributed by atoms with Gasteiger partial charge in [0.25, 0.3) is 5.91 Å². The van der Waals surface area contributed by atoms with Crippen LogP contribution in [0.5, 0.6) is 5.75 Å². The van der Waals surface area contributed by atoms with Crippen molar-refractivity contribution in [2.45, 2.75) is 38.1 Å². The number of anilines is 1. The number of carbonyl (C=O) groups excluding carboxylic acids is 1. The van der Waals surface area contributed by atoms with Crippen LogP contribution in [0.25, 0.3) is 0 Å². The van der Waals surface area contributed by atoms with Crippen LogP contribution >= 0.6 is 0 Å². The minimum Gasteiger partial charge on any atom is -0.489 e. The third kappa shape index (κ3) is 4.76. The number of hydrogen-bond donors (Lipinski definition) is 1. The van der Waals surface area contributed by atoms with Crippen LogP contribution in [0.4, 0.5) is 18.9 Å². The number of alkyl halides is 3. The highest BCUT2D eigenvalue weighted by atomic mass is 19.4. The van der Waals surface area contributed by atoms with Gasteiger partial charge in [-0.3, -0.25) is 9.59 Å². The van der Waals surface area contributed by atoms with Gasteiger partial charge in [-0.2, -0.15) is 13.2 Å². The fourth-order valence-corrected chi connectivity index (χ4v) is 4.24. The third-order valence-electron chi connectivity index (χ3n) is 5.97. The van der Waals surface area contributed by atoms with Gasteiger partial charge in [-0.1, -0.05) is 30.3 Å². The van der Waals surface area contributed by atoms with Crippen molar-refractivity contribution >= 4 is 17.6 Å². The average Bonchev–Trinajstić information content (AvgIpc) is 3.07. The molecule has 0 aromatic heterocycles. The lowest BCUT2D eigenvalue weighted by Crippen LogP contribution is -2.37. The van der Waals surface area contributed by atoms with Crippen molar-refractivity contribution in [2.24, 2.45) is 0 Å². The van der Waals surface area contributed by atoms with Gasteiger partial charge < -0.3 is 14.7 Å². The summed E-state index contributed by atoms with van der Waals surface area (Å²) in [6.45, 7) is 2.06. The van der Waals surface area contributed by atoms with Gasteiger partial charge in [0, 0.05) is 23.2 Å². The predicted molar refractivity (Wildman–Crippen MR) is 120 cm³/mol. The molecule has 1 amide bonds. The first-order valence-electron chi connectivity index (χ1n) is 10.7. The Hall–Kier alpha value is -3.81. The molecule has 3 aromatic rings. The van der Waals surface area contributed by atoms with Gasteiger partial charge in [0.1, 0.15) is 12.4 Å². The summed E-state index contributed by atoms with van der Waals surface area (Å²) in [5.74, 6) is -1.46. The molecule has 1 N–H and O–H groups in total. The highest BCUT2D eigenvalue weighted by Gasteiger charge is 2.41. The van der Waals surface area contributed by atoms with Gasteiger partial charge in [0.05, 0.1) is 12.0 Å². The van der Waals surface area contributed by atoms with Gasteiger partial charge in [-0.25, -0.2) is 0 Å². The number of ether oxygens (including phenoxy) is 1. The summed E-state index contributed by atoms with van der Waals surface area (Å²) in [5.41, 5.74) is 1.39. The second-order valence-corrected chi connectivity index (χ2v) is 8.19. The van der Waals surface area contributed by atoms with E-state index in [1.165, 1.54) is 4.90 Å². The molecule has 1 aliphatic rings. The third-order valence-corrected chi connectivity index (χ3v) is 5.97. The lowest BCUT2D eigenvalue weighted by Gasteiger charge is -2.25. The first-order chi connectivity index (χ1) is 16.1. The number of benzene rings is 3. The van der Waals surface area contributed by atoms with Gasteiger partial charge >= 0.3 is 12.1 Å². The quantitative estimate of drug-likeness (QED) is 0.489. The van der Waals surface area contributed by atoms with Gasteiger partial charge in [-0.15, -0.1) is 0 Å². The van der Waals surface area contributed by atoms with Gasteiger partial charge in [-0.05, 0) is 60.5 Å². The van der Waals surface area contributed by atoms with Crippen molar-refractivity contribution in [3.8, 4) is 5.75 Å². The average molecular weight is 469 g/mol. The van der Waals surface area contributed by atoms with E-state index in [-0.39, 0.29) is 12.0 Å². The highest BCUT2D eigenvalue weighted by molar-refractivity contribution is 6.08. The van der Waals surface area contributed by atoms with E-state index in [1.807, 2.05) is 30.3 Å². The molecule has 176 valence electrons. The number of fused-ring (bicyclic) bond motifs is 1. The number of carboxylic acid groups (broad SMARTS) is 1. The number of amides is 1. The zero-order valence-electron chi connectivity index (χ0n) is 18.3. The minimum absolute atomic E-state index is 0.0891. The molecule has 0 bridgehead atoms. The molecular formula is C26H22F3NO4. The monoisotopic (exact) mass is 469 g/mol. The summed E-state index contributed by atoms with van der Waals surface area (Å²) in [5, 5.41) is 9.45. The molecule has 1 heterocycles. The second kappa shape index (κ2) is 9.21. The van der Waals surface area contributed by atoms with Crippen molar-refractivity contribution < 1.29 is 32.6 Å². The largest absolute Gasteiger partial charge is 0.489 e. The number of aliphatic carboxylic acids is 1. The van der Waals surface area contributed by atoms with Crippen molar-refractivity contribution in [3.05, 3.63) is 95.1 Å². The number of nitrogens with zero attached hydrogens (tertiary/aromatic N) is 1. The first-order valence-corrected chi connectivity index (χ1v) is 10.7. The van der Waals surface area contributed by atoms with Crippen molar-refractivity contribution in [1.82, 2.24) is 0 Å². The molecule has 0 spiro atoms. The second-order valence-electron chi connectivity index (χ2n) is 8.19. The molecule has 0 aliphatic carbocycles. The number of halogens is 3. The first kappa shape index (κ1) is 23.4. The Bertz CT molecular complexity index is 1190. The number of hydrogen-bond acceptors (Lipinski definition) is 3. The van der Waals surface area contributed by atoms with Crippen LogP contribution in [0, 0.1) is 0 Å². The van der Waals surface area contributed by atoms with E-state index in [0.29, 0.717) is 23.6 Å². The smallest absolute Gasteiger partial charge is 0.416 e. The molecular weight excluding hydrogens is 447 g/mol. The Labute approximate surface area is 194 Å². The Morgan fingerprint density at radius 2 is 1.68 bits per heavy atom. The summed E-state index contributed by atoms with van der Waals surface area (Å²) in [6.07, 6.45) is -4.70. The predicted octanol–water partition coefficient (Wildman–Crippen LogP) is 5.89. The lowest BCUT2D eigenvalue weighted by atomic mass is 9.92. The fourth-order valence-electron chi connectivity index (χ4n) is 4.24. The number of carboxylic acids is 1. The summed E-state index contributed by atoms with van der Waals surface area (Å²) in [7, 11) is 0. The lowest BCUT2D eigenvalue weighted by molar-refractivity contribution is -0.138. The normalized spacial score (nSPS) is 17.4. The maximum absolute atomic E-state index is 13.3. The molecule has 4 rings (SSSR count). The van der Waals surface area contributed by atoms with E-state index in [1.54, 1.807) is 25.1 Å². The topological polar surface area (TPSA) is 66.8 Å². The molecule has 5 nitrogen and oxygen atoms in total. The Balaban J connectivity index is 1.63. The standard InChI is InChI=1S/C26H22F3NO4/c1-16-21(14-24(31)32)22-13-20(34-15-17-5-3-2-4-6-17)11-12-23(22)30(16)25(33)18-7-9-19(10-8-18)26(27,28)29/h2-13,16,21H,14-15H2,1H3,(H,31,32)/t16-,21-/m1/s1. The van der Waals surface area contributed by atoms with Crippen LogP contribution < -0.4 is 9.64 Å². The molecule has 0 radical (unpaired) electrons. The molecule has 0 saturated heterocycles. The zero-order chi connectivity index (χ0) is 24.5. The van der Waals surface area contributed by atoms with E-state index in [0.717, 1.165) is 29.8 Å². The number of carbonyl (C=O) groups is 2. The summed E-state index contributed by atoms with van der Waals surface area (Å²) >= 11 is 0. The van der Waals surface area contributed by atoms with Crippen LogP contribution in [0.3, 0.4) is 0 Å². The molecule has 2 atom stereocenters. The molecule has 8 heteroatoms. The SMILES string of the molecule is C[C@@H]1[C@@H](CC(=O)O)c2cc(OCc3ccccc3)ccc2N1C(=O)c1ccc(C(F)(F)F)cc1. The fraction of sp³-hybridized carbons (Fsp3) is 0.231. The minimum atomic E-state index is -4.50. The van der Waals surface area contributed by atoms with E-state index >= 15 is 0 Å². The van der Waals surface area contributed by atoms with Crippen molar-refractivity contribution in [2.75, 3.05) is 4.90 Å².